The monoisotopic (exact) mass is 387 g/mol. The lowest BCUT2D eigenvalue weighted by Gasteiger charge is -2.14. The lowest BCUT2D eigenvalue weighted by molar-refractivity contribution is -0.116. The average molecular weight is 387 g/mol. The molecule has 1 aliphatic heterocycles. The molecule has 0 bridgehead atoms. The Morgan fingerprint density at radius 3 is 2.31 bits per heavy atom. The Balaban J connectivity index is 1.43. The Labute approximate surface area is 166 Å². The van der Waals surface area contributed by atoms with E-state index in [0.29, 0.717) is 22.6 Å². The molecule has 0 saturated carbocycles. The van der Waals surface area contributed by atoms with E-state index in [0.717, 1.165) is 16.3 Å². The highest BCUT2D eigenvalue weighted by Gasteiger charge is 2.36. The van der Waals surface area contributed by atoms with E-state index >= 15 is 0 Å². The molecule has 0 atom stereocenters. The molecule has 4 rings (SSSR count). The van der Waals surface area contributed by atoms with E-state index in [2.05, 4.69) is 20.6 Å². The van der Waals surface area contributed by atoms with Gasteiger partial charge in [-0.25, -0.2) is 9.97 Å². The fraction of sp³-hybridized carbons (Fsp3) is 0.0952. The number of benzene rings is 2. The van der Waals surface area contributed by atoms with Crippen molar-refractivity contribution in [2.75, 3.05) is 17.2 Å². The SMILES string of the molecule is Cc1cc(Nc2cccc(NC(=O)CN3C(=O)c4ccccc4C3=O)c2)ncn1. The number of fused-ring (bicyclic) bond motifs is 1. The third-order valence-corrected chi connectivity index (χ3v) is 4.40. The lowest BCUT2D eigenvalue weighted by atomic mass is 10.1. The van der Waals surface area contributed by atoms with E-state index in [4.69, 9.17) is 0 Å². The number of rotatable bonds is 5. The van der Waals surface area contributed by atoms with Crippen LogP contribution in [-0.4, -0.2) is 39.1 Å². The summed E-state index contributed by atoms with van der Waals surface area (Å²) < 4.78 is 0. The second-order valence-corrected chi connectivity index (χ2v) is 6.54. The number of imide groups is 1. The first kappa shape index (κ1) is 18.3. The second-order valence-electron chi connectivity index (χ2n) is 6.54. The molecular formula is C21H17N5O3. The number of aryl methyl sites for hydroxylation is 1. The standard InChI is InChI=1S/C21H17N5O3/c1-13-9-18(23-12-22-13)24-14-5-4-6-15(10-14)25-19(27)11-26-20(28)16-7-2-3-8-17(16)21(26)29/h2-10,12H,11H2,1H3,(H,25,27)(H,22,23,24). The Kier molecular flexibility index (Phi) is 4.74. The van der Waals surface area contributed by atoms with Gasteiger partial charge >= 0.3 is 0 Å². The van der Waals surface area contributed by atoms with Gasteiger partial charge in [0.15, 0.2) is 0 Å². The first-order chi connectivity index (χ1) is 14.0. The topological polar surface area (TPSA) is 104 Å². The lowest BCUT2D eigenvalue weighted by Crippen LogP contribution is -2.37. The van der Waals surface area contributed by atoms with Crippen LogP contribution in [0.25, 0.3) is 0 Å². The zero-order valence-electron chi connectivity index (χ0n) is 15.5. The zero-order chi connectivity index (χ0) is 20.4. The van der Waals surface area contributed by atoms with Gasteiger partial charge in [0.05, 0.1) is 11.1 Å². The van der Waals surface area contributed by atoms with Crippen molar-refractivity contribution in [1.29, 1.82) is 0 Å². The van der Waals surface area contributed by atoms with Gasteiger partial charge in [0.2, 0.25) is 5.91 Å². The van der Waals surface area contributed by atoms with Crippen LogP contribution in [-0.2, 0) is 4.79 Å². The van der Waals surface area contributed by atoms with Crippen molar-refractivity contribution in [3.05, 3.63) is 77.7 Å². The van der Waals surface area contributed by atoms with E-state index in [1.54, 1.807) is 48.5 Å². The van der Waals surface area contributed by atoms with Crippen molar-refractivity contribution in [2.24, 2.45) is 0 Å². The summed E-state index contributed by atoms with van der Waals surface area (Å²) in [5, 5.41) is 5.85. The largest absolute Gasteiger partial charge is 0.340 e. The van der Waals surface area contributed by atoms with Gasteiger partial charge in [-0.3, -0.25) is 19.3 Å². The fourth-order valence-corrected chi connectivity index (χ4v) is 3.07. The summed E-state index contributed by atoms with van der Waals surface area (Å²) in [5.41, 5.74) is 2.71. The van der Waals surface area contributed by atoms with Crippen LogP contribution in [0.1, 0.15) is 26.4 Å². The number of aromatic nitrogens is 2. The molecule has 3 amide bonds. The number of carbonyl (C=O) groups excluding carboxylic acids is 3. The number of anilines is 3. The summed E-state index contributed by atoms with van der Waals surface area (Å²) in [4.78, 5) is 46.3. The highest BCUT2D eigenvalue weighted by atomic mass is 16.2. The maximum atomic E-state index is 12.4. The van der Waals surface area contributed by atoms with Gasteiger partial charge in [-0.2, -0.15) is 0 Å². The molecule has 8 nitrogen and oxygen atoms in total. The number of amides is 3. The van der Waals surface area contributed by atoms with Gasteiger partial charge in [0.1, 0.15) is 18.7 Å². The van der Waals surface area contributed by atoms with Crippen LogP contribution in [0.3, 0.4) is 0 Å². The second kappa shape index (κ2) is 7.51. The zero-order valence-corrected chi connectivity index (χ0v) is 15.5. The van der Waals surface area contributed by atoms with Gasteiger partial charge in [-0.05, 0) is 37.3 Å². The maximum Gasteiger partial charge on any atom is 0.262 e. The smallest absolute Gasteiger partial charge is 0.262 e. The summed E-state index contributed by atoms with van der Waals surface area (Å²) in [7, 11) is 0. The molecule has 3 aromatic rings. The minimum absolute atomic E-state index is 0.316. The molecule has 29 heavy (non-hydrogen) atoms. The van der Waals surface area contributed by atoms with Gasteiger partial charge in [0, 0.05) is 23.1 Å². The van der Waals surface area contributed by atoms with Crippen molar-refractivity contribution < 1.29 is 14.4 Å². The van der Waals surface area contributed by atoms with Gasteiger partial charge in [0.25, 0.3) is 11.8 Å². The number of hydrogen-bond donors (Lipinski definition) is 2. The summed E-state index contributed by atoms with van der Waals surface area (Å²) in [5.74, 6) is -0.757. The number of hydrogen-bond acceptors (Lipinski definition) is 6. The highest BCUT2D eigenvalue weighted by molar-refractivity contribution is 6.22. The van der Waals surface area contributed by atoms with Crippen LogP contribution in [0.4, 0.5) is 17.2 Å². The summed E-state index contributed by atoms with van der Waals surface area (Å²) in [6, 6.07) is 15.4. The van der Waals surface area contributed by atoms with Crippen molar-refractivity contribution in [2.45, 2.75) is 6.92 Å². The molecule has 144 valence electrons. The molecule has 0 aliphatic carbocycles. The predicted octanol–water partition coefficient (Wildman–Crippen LogP) is 2.76. The fourth-order valence-electron chi connectivity index (χ4n) is 3.07. The van der Waals surface area contributed by atoms with Gasteiger partial charge in [-0.15, -0.1) is 0 Å². The Hall–Kier alpha value is -4.07. The van der Waals surface area contributed by atoms with Crippen LogP contribution in [0.15, 0.2) is 60.9 Å². The van der Waals surface area contributed by atoms with Crippen LogP contribution in [0.2, 0.25) is 0 Å². The molecular weight excluding hydrogens is 370 g/mol. The van der Waals surface area contributed by atoms with Crippen LogP contribution >= 0.6 is 0 Å². The van der Waals surface area contributed by atoms with Crippen molar-refractivity contribution in [1.82, 2.24) is 14.9 Å². The third-order valence-electron chi connectivity index (χ3n) is 4.40. The Morgan fingerprint density at radius 2 is 1.62 bits per heavy atom. The van der Waals surface area contributed by atoms with Crippen molar-refractivity contribution in [3.8, 4) is 0 Å². The molecule has 2 aromatic carbocycles. The van der Waals surface area contributed by atoms with E-state index in [1.165, 1.54) is 6.33 Å². The molecule has 0 radical (unpaired) electrons. The predicted molar refractivity (Wildman–Crippen MR) is 107 cm³/mol. The molecule has 8 heteroatoms. The summed E-state index contributed by atoms with van der Waals surface area (Å²) in [6.45, 7) is 1.51. The summed E-state index contributed by atoms with van der Waals surface area (Å²) in [6.07, 6.45) is 1.46. The quantitative estimate of drug-likeness (QED) is 0.653. The molecule has 0 fully saturated rings. The number of carbonyl (C=O) groups is 3. The highest BCUT2D eigenvalue weighted by Crippen LogP contribution is 2.23. The molecule has 0 spiro atoms. The van der Waals surface area contributed by atoms with Gasteiger partial charge < -0.3 is 10.6 Å². The molecule has 1 aliphatic rings. The van der Waals surface area contributed by atoms with E-state index in [1.807, 2.05) is 13.0 Å². The maximum absolute atomic E-state index is 12.4. The molecule has 0 unspecified atom stereocenters. The minimum Gasteiger partial charge on any atom is -0.340 e. The first-order valence-electron chi connectivity index (χ1n) is 8.92. The third kappa shape index (κ3) is 3.81. The first-order valence-corrected chi connectivity index (χ1v) is 8.92. The molecule has 2 heterocycles. The summed E-state index contributed by atoms with van der Waals surface area (Å²) >= 11 is 0. The van der Waals surface area contributed by atoms with Crippen LogP contribution in [0.5, 0.6) is 0 Å². The van der Waals surface area contributed by atoms with Gasteiger partial charge in [-0.1, -0.05) is 18.2 Å². The normalized spacial score (nSPS) is 12.7. The van der Waals surface area contributed by atoms with E-state index in [9.17, 15) is 14.4 Å². The van der Waals surface area contributed by atoms with Crippen LogP contribution < -0.4 is 10.6 Å². The van der Waals surface area contributed by atoms with Crippen LogP contribution in [0, 0.1) is 6.92 Å². The molecule has 1 aromatic heterocycles. The van der Waals surface area contributed by atoms with Crippen molar-refractivity contribution >= 4 is 34.9 Å². The number of nitrogens with one attached hydrogen (secondary N) is 2. The number of nitrogens with zero attached hydrogens (tertiary/aromatic N) is 3. The molecule has 0 saturated heterocycles. The molecule has 2 N–H and O–H groups in total. The average Bonchev–Trinajstić information content (AvgIpc) is 2.93. The minimum atomic E-state index is -0.463. The van der Waals surface area contributed by atoms with E-state index < -0.39 is 17.7 Å². The Bertz CT molecular complexity index is 1090. The Morgan fingerprint density at radius 1 is 0.931 bits per heavy atom. The van der Waals surface area contributed by atoms with E-state index in [-0.39, 0.29) is 6.54 Å². The van der Waals surface area contributed by atoms with Crippen molar-refractivity contribution in [3.63, 3.8) is 0 Å².